The lowest BCUT2D eigenvalue weighted by atomic mass is 10.2. The van der Waals surface area contributed by atoms with E-state index in [1.165, 1.54) is 0 Å². The number of carbonyl (C=O) groups excluding carboxylic acids is 1. The van der Waals surface area contributed by atoms with Crippen LogP contribution >= 0.6 is 0 Å². The number of ether oxygens (including phenoxy) is 2. The normalized spacial score (nSPS) is 9.83. The van der Waals surface area contributed by atoms with E-state index in [0.717, 1.165) is 18.7 Å². The minimum atomic E-state index is -0.512. The van der Waals surface area contributed by atoms with Crippen LogP contribution in [0, 0.1) is 0 Å². The summed E-state index contributed by atoms with van der Waals surface area (Å²) in [7, 11) is 1.56. The molecule has 18 heavy (non-hydrogen) atoms. The van der Waals surface area contributed by atoms with Crippen LogP contribution in [0.3, 0.4) is 0 Å². The molecule has 0 unspecified atom stereocenters. The summed E-state index contributed by atoms with van der Waals surface area (Å²) in [5.74, 6) is 0.654. The number of rotatable bonds is 8. The smallest absolute Gasteiger partial charge is 0.255 e. The largest absolute Gasteiger partial charge is 0.493 e. The summed E-state index contributed by atoms with van der Waals surface area (Å²) in [5.41, 5.74) is 6.03. The molecule has 4 N–H and O–H groups in total. The zero-order chi connectivity index (χ0) is 13.4. The molecular weight excluding hydrogens is 232 g/mol. The monoisotopic (exact) mass is 251 g/mol. The van der Waals surface area contributed by atoms with Crippen LogP contribution in [0.5, 0.6) is 11.5 Å². The molecule has 1 amide bonds. The van der Waals surface area contributed by atoms with Crippen LogP contribution in [-0.2, 0) is 11.3 Å². The van der Waals surface area contributed by atoms with Crippen molar-refractivity contribution in [3.05, 3.63) is 36.4 Å². The first-order chi connectivity index (χ1) is 8.69. The van der Waals surface area contributed by atoms with Crippen LogP contribution in [0.25, 0.3) is 0 Å². The summed E-state index contributed by atoms with van der Waals surface area (Å²) in [4.78, 5) is 10.8. The van der Waals surface area contributed by atoms with Crippen LogP contribution in [-0.4, -0.2) is 26.2 Å². The Hall–Kier alpha value is -2.01. The summed E-state index contributed by atoms with van der Waals surface area (Å²) in [6.07, 6.45) is 1.82. The summed E-state index contributed by atoms with van der Waals surface area (Å²) < 4.78 is 10.6. The standard InChI is InChI=1S/C13H18N2O3/c1-3-7-15-8-10-5-4-6-11(17-2)13(10)18-9-12(14)16/h3-6,15H,1,7-9H2,2H3,(H2,14,16)/p+1. The molecule has 98 valence electrons. The molecule has 0 saturated heterocycles. The Labute approximate surface area is 107 Å². The van der Waals surface area contributed by atoms with E-state index in [1.54, 1.807) is 13.2 Å². The summed E-state index contributed by atoms with van der Waals surface area (Å²) in [5, 5.41) is 2.07. The zero-order valence-electron chi connectivity index (χ0n) is 10.5. The Morgan fingerprint density at radius 3 is 2.94 bits per heavy atom. The summed E-state index contributed by atoms with van der Waals surface area (Å²) in [6, 6.07) is 5.60. The number of hydrogen-bond donors (Lipinski definition) is 2. The van der Waals surface area contributed by atoms with E-state index in [9.17, 15) is 4.79 Å². The molecule has 1 aromatic carbocycles. The van der Waals surface area contributed by atoms with Crippen molar-refractivity contribution in [2.24, 2.45) is 5.73 Å². The third kappa shape index (κ3) is 4.10. The lowest BCUT2D eigenvalue weighted by molar-refractivity contribution is -0.662. The Bertz CT molecular complexity index is 419. The quantitative estimate of drug-likeness (QED) is 0.496. The molecule has 1 aromatic rings. The zero-order valence-corrected chi connectivity index (χ0v) is 10.5. The maximum absolute atomic E-state index is 10.8. The van der Waals surface area contributed by atoms with E-state index >= 15 is 0 Å². The maximum atomic E-state index is 10.8. The third-order valence-corrected chi connectivity index (χ3v) is 2.34. The van der Waals surface area contributed by atoms with Crippen molar-refractivity contribution in [2.75, 3.05) is 20.3 Å². The number of para-hydroxylation sites is 1. The molecule has 0 saturated carbocycles. The second-order valence-electron chi connectivity index (χ2n) is 3.72. The molecule has 5 heteroatoms. The molecular formula is C13H19N2O3+. The first-order valence-corrected chi connectivity index (χ1v) is 5.68. The first-order valence-electron chi connectivity index (χ1n) is 5.68. The number of quaternary nitrogens is 1. The van der Waals surface area contributed by atoms with Crippen molar-refractivity contribution >= 4 is 5.91 Å². The highest BCUT2D eigenvalue weighted by Gasteiger charge is 2.12. The van der Waals surface area contributed by atoms with E-state index in [4.69, 9.17) is 15.2 Å². The van der Waals surface area contributed by atoms with Crippen molar-refractivity contribution in [3.63, 3.8) is 0 Å². The van der Waals surface area contributed by atoms with Crippen molar-refractivity contribution in [1.29, 1.82) is 0 Å². The van der Waals surface area contributed by atoms with Gasteiger partial charge in [0.05, 0.1) is 19.2 Å². The fraction of sp³-hybridized carbons (Fsp3) is 0.308. The lowest BCUT2D eigenvalue weighted by Gasteiger charge is -2.13. The number of methoxy groups -OCH3 is 1. The van der Waals surface area contributed by atoms with Gasteiger partial charge in [-0.05, 0) is 18.2 Å². The molecule has 0 aliphatic rings. The van der Waals surface area contributed by atoms with Crippen LogP contribution in [0.1, 0.15) is 5.56 Å². The SMILES string of the molecule is C=CC[NH2+]Cc1cccc(OC)c1OCC(N)=O. The van der Waals surface area contributed by atoms with E-state index < -0.39 is 5.91 Å². The fourth-order valence-corrected chi connectivity index (χ4v) is 1.55. The Morgan fingerprint density at radius 1 is 1.56 bits per heavy atom. The van der Waals surface area contributed by atoms with Crippen LogP contribution in [0.4, 0.5) is 0 Å². The molecule has 0 radical (unpaired) electrons. The van der Waals surface area contributed by atoms with Crippen LogP contribution in [0.15, 0.2) is 30.9 Å². The highest BCUT2D eigenvalue weighted by Crippen LogP contribution is 2.30. The number of nitrogens with two attached hydrogens (primary N) is 2. The van der Waals surface area contributed by atoms with Gasteiger partial charge in [0.25, 0.3) is 5.91 Å². The molecule has 0 aliphatic carbocycles. The van der Waals surface area contributed by atoms with Gasteiger partial charge in [0.15, 0.2) is 18.1 Å². The molecule has 0 heterocycles. The number of amides is 1. The van der Waals surface area contributed by atoms with Gasteiger partial charge in [0.1, 0.15) is 6.54 Å². The van der Waals surface area contributed by atoms with Gasteiger partial charge in [-0.25, -0.2) is 0 Å². The van der Waals surface area contributed by atoms with Crippen molar-refractivity contribution in [2.45, 2.75) is 6.54 Å². The molecule has 5 nitrogen and oxygen atoms in total. The van der Waals surface area contributed by atoms with E-state index in [1.807, 2.05) is 18.2 Å². The minimum Gasteiger partial charge on any atom is -0.493 e. The van der Waals surface area contributed by atoms with E-state index in [-0.39, 0.29) is 6.61 Å². The highest BCUT2D eigenvalue weighted by atomic mass is 16.5. The van der Waals surface area contributed by atoms with Gasteiger partial charge in [-0.1, -0.05) is 12.6 Å². The third-order valence-electron chi connectivity index (χ3n) is 2.34. The maximum Gasteiger partial charge on any atom is 0.255 e. The second kappa shape index (κ2) is 7.34. The topological polar surface area (TPSA) is 78.2 Å². The Balaban J connectivity index is 2.85. The molecule has 0 atom stereocenters. The molecule has 1 rings (SSSR count). The summed E-state index contributed by atoms with van der Waals surface area (Å²) >= 11 is 0. The van der Waals surface area contributed by atoms with E-state index in [0.29, 0.717) is 11.5 Å². The number of benzene rings is 1. The lowest BCUT2D eigenvalue weighted by Crippen LogP contribution is -2.82. The van der Waals surface area contributed by atoms with E-state index in [2.05, 4.69) is 11.9 Å². The average Bonchev–Trinajstić information content (AvgIpc) is 2.37. The van der Waals surface area contributed by atoms with Crippen LogP contribution in [0.2, 0.25) is 0 Å². The Kier molecular flexibility index (Phi) is 5.73. The molecule has 0 aromatic heterocycles. The number of hydrogen-bond acceptors (Lipinski definition) is 3. The first kappa shape index (κ1) is 14.1. The number of carbonyl (C=O) groups is 1. The van der Waals surface area contributed by atoms with Gasteiger partial charge in [-0.3, -0.25) is 4.79 Å². The fourth-order valence-electron chi connectivity index (χ4n) is 1.55. The number of primary amides is 1. The van der Waals surface area contributed by atoms with Crippen molar-refractivity contribution in [1.82, 2.24) is 0 Å². The van der Waals surface area contributed by atoms with Gasteiger partial charge in [-0.15, -0.1) is 0 Å². The molecule has 0 bridgehead atoms. The minimum absolute atomic E-state index is 0.158. The van der Waals surface area contributed by atoms with Crippen molar-refractivity contribution in [3.8, 4) is 11.5 Å². The Morgan fingerprint density at radius 2 is 2.33 bits per heavy atom. The molecule has 0 fully saturated rings. The van der Waals surface area contributed by atoms with Crippen molar-refractivity contribution < 1.29 is 19.6 Å². The summed E-state index contributed by atoms with van der Waals surface area (Å²) in [6.45, 7) is 5.03. The van der Waals surface area contributed by atoms with Gasteiger partial charge >= 0.3 is 0 Å². The highest BCUT2D eigenvalue weighted by molar-refractivity contribution is 5.75. The van der Waals surface area contributed by atoms with Gasteiger partial charge < -0.3 is 20.5 Å². The predicted octanol–water partition coefficient (Wildman–Crippen LogP) is -0.191. The van der Waals surface area contributed by atoms with Gasteiger partial charge in [-0.2, -0.15) is 0 Å². The molecule has 0 spiro atoms. The predicted molar refractivity (Wildman–Crippen MR) is 68.4 cm³/mol. The average molecular weight is 251 g/mol. The van der Waals surface area contributed by atoms with Gasteiger partial charge in [0, 0.05) is 0 Å². The molecule has 0 aliphatic heterocycles. The van der Waals surface area contributed by atoms with Gasteiger partial charge in [0.2, 0.25) is 0 Å². The van der Waals surface area contributed by atoms with Crippen LogP contribution < -0.4 is 20.5 Å². The second-order valence-corrected chi connectivity index (χ2v) is 3.72.